The predicted molar refractivity (Wildman–Crippen MR) is 66.2 cm³/mol. The quantitative estimate of drug-likeness (QED) is 0.687. The lowest BCUT2D eigenvalue weighted by molar-refractivity contribution is 0.551. The highest BCUT2D eigenvalue weighted by molar-refractivity contribution is 5.79. The van der Waals surface area contributed by atoms with Gasteiger partial charge in [0.05, 0.1) is 11.7 Å². The van der Waals surface area contributed by atoms with Crippen LogP contribution in [-0.4, -0.2) is 9.78 Å². The molecule has 2 aromatic rings. The molecular weight excluding hydrogens is 184 g/mol. The second kappa shape index (κ2) is 4.96. The van der Waals surface area contributed by atoms with E-state index in [2.05, 4.69) is 48.8 Å². The molecule has 1 aromatic carbocycles. The van der Waals surface area contributed by atoms with E-state index in [9.17, 15) is 0 Å². The first-order chi connectivity index (χ1) is 7.18. The zero-order valence-corrected chi connectivity index (χ0v) is 10.3. The molecule has 15 heavy (non-hydrogen) atoms. The van der Waals surface area contributed by atoms with E-state index in [0.29, 0.717) is 6.04 Å². The van der Waals surface area contributed by atoms with Gasteiger partial charge in [-0.05, 0) is 32.9 Å². The zero-order chi connectivity index (χ0) is 11.4. The number of hydrogen-bond donors (Lipinski definition) is 0. The minimum Gasteiger partial charge on any atom is -0.262 e. The molecule has 0 atom stereocenters. The first-order valence-corrected chi connectivity index (χ1v) is 5.62. The van der Waals surface area contributed by atoms with Gasteiger partial charge in [0.15, 0.2) is 0 Å². The lowest BCUT2D eigenvalue weighted by Gasteiger charge is -2.06. The number of fused-ring (bicyclic) bond motifs is 1. The number of aromatic nitrogens is 2. The Balaban J connectivity index is 0.000000531. The maximum absolute atomic E-state index is 4.35. The molecule has 0 aliphatic rings. The molecule has 0 amide bonds. The maximum Gasteiger partial charge on any atom is 0.0685 e. The van der Waals surface area contributed by atoms with Crippen molar-refractivity contribution in [1.82, 2.24) is 9.78 Å². The highest BCUT2D eigenvalue weighted by Gasteiger charge is 2.04. The Hall–Kier alpha value is -1.31. The van der Waals surface area contributed by atoms with Gasteiger partial charge < -0.3 is 0 Å². The molecule has 1 heterocycles. The topological polar surface area (TPSA) is 17.8 Å². The van der Waals surface area contributed by atoms with Gasteiger partial charge in [-0.2, -0.15) is 5.10 Å². The highest BCUT2D eigenvalue weighted by Crippen LogP contribution is 2.18. The fraction of sp³-hybridized carbons (Fsp3) is 0.462. The van der Waals surface area contributed by atoms with E-state index in [0.717, 1.165) is 0 Å². The van der Waals surface area contributed by atoms with Crippen LogP contribution in [0, 0.1) is 6.92 Å². The summed E-state index contributed by atoms with van der Waals surface area (Å²) in [5, 5.41) is 5.58. The molecule has 82 valence electrons. The third-order valence-electron chi connectivity index (χ3n) is 2.24. The molecule has 1 aromatic heterocycles. The smallest absolute Gasteiger partial charge is 0.0685 e. The van der Waals surface area contributed by atoms with Crippen LogP contribution in [0.3, 0.4) is 0 Å². The number of nitrogens with zero attached hydrogens (tertiary/aromatic N) is 2. The number of benzene rings is 1. The minimum absolute atomic E-state index is 0.431. The Kier molecular flexibility index (Phi) is 3.89. The van der Waals surface area contributed by atoms with E-state index in [1.807, 2.05) is 20.0 Å². The van der Waals surface area contributed by atoms with Crippen LogP contribution < -0.4 is 0 Å². The van der Waals surface area contributed by atoms with Crippen molar-refractivity contribution in [2.45, 2.75) is 40.7 Å². The average molecular weight is 204 g/mol. The standard InChI is InChI=1S/C11H14N2.C2H6/c1-8(2)13-11-5-4-9(3)6-10(11)7-12-13;1-2/h4-8H,1-3H3;1-2H3. The highest BCUT2D eigenvalue weighted by atomic mass is 15.3. The minimum atomic E-state index is 0.431. The van der Waals surface area contributed by atoms with E-state index in [-0.39, 0.29) is 0 Å². The van der Waals surface area contributed by atoms with Gasteiger partial charge in [0, 0.05) is 11.4 Å². The third-order valence-corrected chi connectivity index (χ3v) is 2.24. The molecule has 0 saturated heterocycles. The van der Waals surface area contributed by atoms with E-state index >= 15 is 0 Å². The van der Waals surface area contributed by atoms with E-state index in [1.54, 1.807) is 0 Å². The molecule has 0 fully saturated rings. The summed E-state index contributed by atoms with van der Waals surface area (Å²) in [6, 6.07) is 6.86. The van der Waals surface area contributed by atoms with Crippen LogP contribution in [0.5, 0.6) is 0 Å². The van der Waals surface area contributed by atoms with E-state index < -0.39 is 0 Å². The summed E-state index contributed by atoms with van der Waals surface area (Å²) in [5.74, 6) is 0. The van der Waals surface area contributed by atoms with Gasteiger partial charge in [-0.1, -0.05) is 25.5 Å². The molecule has 0 aliphatic carbocycles. The van der Waals surface area contributed by atoms with E-state index in [4.69, 9.17) is 0 Å². The second-order valence-electron chi connectivity index (χ2n) is 3.75. The van der Waals surface area contributed by atoms with Gasteiger partial charge in [-0.3, -0.25) is 4.68 Å². The van der Waals surface area contributed by atoms with Gasteiger partial charge in [0.2, 0.25) is 0 Å². The van der Waals surface area contributed by atoms with E-state index in [1.165, 1.54) is 16.5 Å². The summed E-state index contributed by atoms with van der Waals surface area (Å²) in [4.78, 5) is 0. The molecule has 0 aliphatic heterocycles. The van der Waals surface area contributed by atoms with Crippen LogP contribution in [0.1, 0.15) is 39.3 Å². The number of rotatable bonds is 1. The van der Waals surface area contributed by atoms with Crippen molar-refractivity contribution in [2.75, 3.05) is 0 Å². The summed E-state index contributed by atoms with van der Waals surface area (Å²) in [6.07, 6.45) is 1.93. The Morgan fingerprint density at radius 3 is 2.47 bits per heavy atom. The fourth-order valence-electron chi connectivity index (χ4n) is 1.58. The molecule has 0 unspecified atom stereocenters. The molecule has 2 heteroatoms. The maximum atomic E-state index is 4.35. The largest absolute Gasteiger partial charge is 0.262 e. The zero-order valence-electron chi connectivity index (χ0n) is 10.3. The number of aryl methyl sites for hydroxylation is 1. The Labute approximate surface area is 91.9 Å². The van der Waals surface area contributed by atoms with Crippen molar-refractivity contribution in [2.24, 2.45) is 0 Å². The van der Waals surface area contributed by atoms with Crippen molar-refractivity contribution in [3.8, 4) is 0 Å². The first-order valence-electron chi connectivity index (χ1n) is 5.62. The summed E-state index contributed by atoms with van der Waals surface area (Å²) in [5.41, 5.74) is 2.51. The van der Waals surface area contributed by atoms with Crippen LogP contribution in [0.2, 0.25) is 0 Å². The average Bonchev–Trinajstić information content (AvgIpc) is 2.63. The van der Waals surface area contributed by atoms with Crippen LogP contribution in [0.4, 0.5) is 0 Å². The monoisotopic (exact) mass is 204 g/mol. The molecule has 0 radical (unpaired) electrons. The lowest BCUT2D eigenvalue weighted by Crippen LogP contribution is -2.01. The molecule has 2 nitrogen and oxygen atoms in total. The van der Waals surface area contributed by atoms with Crippen molar-refractivity contribution in [1.29, 1.82) is 0 Å². The first kappa shape index (κ1) is 11.8. The lowest BCUT2D eigenvalue weighted by atomic mass is 10.2. The summed E-state index contributed by atoms with van der Waals surface area (Å²) >= 11 is 0. The van der Waals surface area contributed by atoms with Crippen molar-refractivity contribution < 1.29 is 0 Å². The van der Waals surface area contributed by atoms with Crippen molar-refractivity contribution in [3.63, 3.8) is 0 Å². The molecule has 0 spiro atoms. The number of hydrogen-bond acceptors (Lipinski definition) is 1. The second-order valence-corrected chi connectivity index (χ2v) is 3.75. The Bertz CT molecular complexity index is 427. The molecule has 0 saturated carbocycles. The van der Waals surface area contributed by atoms with Crippen LogP contribution in [-0.2, 0) is 0 Å². The SMILES string of the molecule is CC.Cc1ccc2c(cnn2C(C)C)c1. The normalized spacial score (nSPS) is 10.3. The van der Waals surface area contributed by atoms with Crippen molar-refractivity contribution in [3.05, 3.63) is 30.0 Å². The molecular formula is C13H20N2. The van der Waals surface area contributed by atoms with Crippen LogP contribution in [0.25, 0.3) is 10.9 Å². The summed E-state index contributed by atoms with van der Waals surface area (Å²) in [7, 11) is 0. The fourth-order valence-corrected chi connectivity index (χ4v) is 1.58. The van der Waals surface area contributed by atoms with Gasteiger partial charge in [0.1, 0.15) is 0 Å². The van der Waals surface area contributed by atoms with Gasteiger partial charge >= 0.3 is 0 Å². The van der Waals surface area contributed by atoms with Crippen LogP contribution in [0.15, 0.2) is 24.4 Å². The molecule has 2 rings (SSSR count). The van der Waals surface area contributed by atoms with Gasteiger partial charge in [-0.15, -0.1) is 0 Å². The van der Waals surface area contributed by atoms with Gasteiger partial charge in [0.25, 0.3) is 0 Å². The Morgan fingerprint density at radius 1 is 1.20 bits per heavy atom. The third kappa shape index (κ3) is 2.38. The summed E-state index contributed by atoms with van der Waals surface area (Å²) < 4.78 is 2.05. The molecule has 0 N–H and O–H groups in total. The van der Waals surface area contributed by atoms with Crippen molar-refractivity contribution >= 4 is 10.9 Å². The predicted octanol–water partition coefficient (Wildman–Crippen LogP) is 3.95. The summed E-state index contributed by atoms with van der Waals surface area (Å²) in [6.45, 7) is 10.4. The molecule has 0 bridgehead atoms. The van der Waals surface area contributed by atoms with Gasteiger partial charge in [-0.25, -0.2) is 0 Å². The Morgan fingerprint density at radius 2 is 1.87 bits per heavy atom. The van der Waals surface area contributed by atoms with Crippen LogP contribution >= 0.6 is 0 Å².